The second kappa shape index (κ2) is 20.9. The standard InChI is InChI=1S/C72H63FN4OSi.Pt/c1-70(2,3)50-38-39-74-68(44-50)77-65-37-34-53(73)45-64(65)63-36-35-57(47-67(63)77)78-56-24-20-23-54(46-56)75-48-76(55-42-51(71(4,5)6)41-52(43-55)72(7,8)9)69-62(32-21-33-66(69)75)49-22-19-31-61(40-49)79(58-25-13-10-14-26-58,59-27-15-11-16-28-59)60-29-17-12-18-30-60;/h10-45H,1-9H3;/q;+2. The number of fused-ring (bicyclic) bond motifs is 4. The minimum absolute atomic E-state index is 0. The Morgan fingerprint density at radius 2 is 1.10 bits per heavy atom. The molecule has 5 nitrogen and oxygen atoms in total. The van der Waals surface area contributed by atoms with Gasteiger partial charge in [-0.3, -0.25) is 0 Å². The van der Waals surface area contributed by atoms with Gasteiger partial charge in [-0.2, -0.15) is 12.1 Å². The van der Waals surface area contributed by atoms with Gasteiger partial charge in [-0.25, -0.2) is 9.37 Å². The maximum Gasteiger partial charge on any atom is 2.00 e. The van der Waals surface area contributed by atoms with E-state index in [0.29, 0.717) is 11.5 Å². The van der Waals surface area contributed by atoms with E-state index in [1.165, 1.54) is 37.9 Å². The summed E-state index contributed by atoms with van der Waals surface area (Å²) in [7, 11) is -2.87. The van der Waals surface area contributed by atoms with E-state index >= 15 is 0 Å². The number of hydrogen-bond acceptors (Lipinski definition) is 2. The molecule has 9 aromatic carbocycles. The summed E-state index contributed by atoms with van der Waals surface area (Å²) in [4.78, 5) is 4.83. The number of aromatic nitrogens is 2. The summed E-state index contributed by atoms with van der Waals surface area (Å²) >= 11 is 0. The van der Waals surface area contributed by atoms with Gasteiger partial charge in [0.1, 0.15) is 17.3 Å². The number of halogens is 1. The van der Waals surface area contributed by atoms with Gasteiger partial charge < -0.3 is 9.30 Å². The monoisotopic (exact) mass is 1240 g/mol. The first kappa shape index (κ1) is 53.9. The maximum absolute atomic E-state index is 14.9. The van der Waals surface area contributed by atoms with Crippen LogP contribution < -0.4 is 34.6 Å². The summed E-state index contributed by atoms with van der Waals surface area (Å²) < 4.78 is 28.1. The van der Waals surface area contributed by atoms with E-state index < -0.39 is 8.07 Å². The molecule has 0 saturated carbocycles. The third-order valence-electron chi connectivity index (χ3n) is 15.5. The van der Waals surface area contributed by atoms with Crippen molar-refractivity contribution in [3.8, 4) is 28.4 Å². The molecule has 0 saturated heterocycles. The van der Waals surface area contributed by atoms with E-state index in [1.807, 2.05) is 47.2 Å². The molecule has 2 aromatic heterocycles. The minimum atomic E-state index is -2.87. The Labute approximate surface area is 485 Å². The van der Waals surface area contributed by atoms with E-state index in [4.69, 9.17) is 9.72 Å². The fourth-order valence-corrected chi connectivity index (χ4v) is 16.1. The first-order valence-electron chi connectivity index (χ1n) is 27.2. The predicted molar refractivity (Wildman–Crippen MR) is 329 cm³/mol. The SMILES string of the molecule is CC(C)(C)c1cc([N+]2=C=[N+](c3[c-]c(Oc4[c-]c5c(cc4)c4cc(F)ccc4n5-c4cc(C(C)(C)C)ccn4)ccc3)c3cccc(-c4cccc([Si](c5ccccc5)(c5ccccc5)c5ccccc5)c4)c32)cc(C(C)(C)C)c1.[Pt+2]. The molecule has 0 spiro atoms. The zero-order valence-electron chi connectivity index (χ0n) is 46.7. The van der Waals surface area contributed by atoms with Crippen molar-refractivity contribution in [2.45, 2.75) is 78.6 Å². The van der Waals surface area contributed by atoms with E-state index in [9.17, 15) is 4.39 Å². The molecule has 1 aliphatic heterocycles. The topological polar surface area (TPSA) is 33.1 Å². The van der Waals surface area contributed by atoms with Gasteiger partial charge in [-0.1, -0.05) is 212 Å². The quantitative estimate of drug-likeness (QED) is 0.0592. The van der Waals surface area contributed by atoms with Crippen LogP contribution in [0, 0.1) is 17.9 Å². The Bertz CT molecular complexity index is 4090. The first-order valence-corrected chi connectivity index (χ1v) is 29.2. The van der Waals surface area contributed by atoms with Crippen molar-refractivity contribution in [2.24, 2.45) is 0 Å². The number of rotatable bonds is 10. The number of nitrogens with zero attached hydrogens (tertiary/aromatic N) is 4. The van der Waals surface area contributed by atoms with Gasteiger partial charge in [0, 0.05) is 41.4 Å². The summed E-state index contributed by atoms with van der Waals surface area (Å²) in [6.45, 7) is 20.3. The van der Waals surface area contributed by atoms with E-state index in [1.54, 1.807) is 6.07 Å². The van der Waals surface area contributed by atoms with Gasteiger partial charge in [0.15, 0.2) is 8.07 Å². The molecule has 396 valence electrons. The summed E-state index contributed by atoms with van der Waals surface area (Å²) in [5.41, 5.74) is 10.8. The number of para-hydroxylation sites is 1. The van der Waals surface area contributed by atoms with Gasteiger partial charge in [0.2, 0.25) is 5.69 Å². The Morgan fingerprint density at radius 3 is 1.73 bits per heavy atom. The molecule has 12 rings (SSSR count). The number of benzene rings is 9. The predicted octanol–water partition coefficient (Wildman–Crippen LogP) is 15.5. The number of ether oxygens (including phenoxy) is 1. The normalized spacial score (nSPS) is 12.7. The molecule has 0 amide bonds. The second-order valence-corrected chi connectivity index (χ2v) is 27.7. The summed E-state index contributed by atoms with van der Waals surface area (Å²) in [5, 5.41) is 6.88. The molecule has 0 fully saturated rings. The fraction of sp³-hybridized carbons (Fsp3) is 0.167. The van der Waals surface area contributed by atoms with Crippen LogP contribution in [-0.2, 0) is 37.3 Å². The van der Waals surface area contributed by atoms with Crippen LogP contribution in [0.25, 0.3) is 38.8 Å². The minimum Gasteiger partial charge on any atom is -0.509 e. The molecule has 3 heterocycles. The molecule has 11 aromatic rings. The van der Waals surface area contributed by atoms with Crippen LogP contribution >= 0.6 is 0 Å². The van der Waals surface area contributed by atoms with Crippen LogP contribution in [0.2, 0.25) is 0 Å². The summed E-state index contributed by atoms with van der Waals surface area (Å²) in [6, 6.07) is 86.2. The van der Waals surface area contributed by atoms with Gasteiger partial charge in [0.05, 0.1) is 5.56 Å². The molecule has 0 atom stereocenters. The Kier molecular flexibility index (Phi) is 14.1. The van der Waals surface area contributed by atoms with Crippen molar-refractivity contribution >= 4 is 79.4 Å². The van der Waals surface area contributed by atoms with E-state index in [-0.39, 0.29) is 43.1 Å². The Morgan fingerprint density at radius 1 is 0.512 bits per heavy atom. The van der Waals surface area contributed by atoms with E-state index in [0.717, 1.165) is 67.1 Å². The largest absolute Gasteiger partial charge is 2.00 e. The molecular formula is C72H63FN4OPtSi+2. The summed E-state index contributed by atoms with van der Waals surface area (Å²) in [6.07, 6.45) is 1.84. The second-order valence-electron chi connectivity index (χ2n) is 23.9. The molecule has 80 heavy (non-hydrogen) atoms. The Balaban J connectivity index is 0.00000675. The fourth-order valence-electron chi connectivity index (χ4n) is 11.3. The Hall–Kier alpha value is -8.05. The van der Waals surface area contributed by atoms with Crippen molar-refractivity contribution < 1.29 is 30.2 Å². The third kappa shape index (κ3) is 9.83. The van der Waals surface area contributed by atoms with Crippen molar-refractivity contribution in [3.63, 3.8) is 0 Å². The maximum atomic E-state index is 14.9. The van der Waals surface area contributed by atoms with Crippen LogP contribution in [-0.4, -0.2) is 23.6 Å². The first-order chi connectivity index (χ1) is 37.9. The molecule has 0 aliphatic carbocycles. The van der Waals surface area contributed by atoms with Crippen molar-refractivity contribution in [2.75, 3.05) is 0 Å². The number of hydrogen-bond donors (Lipinski definition) is 0. The van der Waals surface area contributed by atoms with Crippen molar-refractivity contribution in [1.82, 2.24) is 18.7 Å². The molecule has 0 radical (unpaired) electrons. The average Bonchev–Trinajstić information content (AvgIpc) is 4.11. The van der Waals surface area contributed by atoms with Gasteiger partial charge in [-0.05, 0) is 106 Å². The zero-order valence-corrected chi connectivity index (χ0v) is 49.9. The molecule has 0 bridgehead atoms. The molecule has 8 heteroatoms. The third-order valence-corrected chi connectivity index (χ3v) is 20.3. The van der Waals surface area contributed by atoms with Crippen molar-refractivity contribution in [3.05, 3.63) is 253 Å². The van der Waals surface area contributed by atoms with Gasteiger partial charge >= 0.3 is 32.8 Å². The van der Waals surface area contributed by atoms with Crippen LogP contribution in [0.3, 0.4) is 0 Å². The molecule has 0 N–H and O–H groups in total. The molecule has 1 aliphatic rings. The van der Waals surface area contributed by atoms with Crippen LogP contribution in [0.5, 0.6) is 11.5 Å². The zero-order chi connectivity index (χ0) is 54.8. The van der Waals surface area contributed by atoms with Crippen molar-refractivity contribution in [1.29, 1.82) is 0 Å². The van der Waals surface area contributed by atoms with Gasteiger partial charge in [0.25, 0.3) is 5.69 Å². The van der Waals surface area contributed by atoms with Crippen LogP contribution in [0.1, 0.15) is 79.0 Å². The average molecular weight is 1240 g/mol. The molecular weight excluding hydrogens is 1180 g/mol. The van der Waals surface area contributed by atoms with Crippen LogP contribution in [0.4, 0.5) is 27.1 Å². The van der Waals surface area contributed by atoms with E-state index in [2.05, 4.69) is 253 Å². The molecule has 0 unspecified atom stereocenters. The van der Waals surface area contributed by atoms with Crippen LogP contribution in [0.15, 0.2) is 219 Å². The smallest absolute Gasteiger partial charge is 0.509 e. The number of pyridine rings is 1. The van der Waals surface area contributed by atoms with Gasteiger partial charge in [-0.15, -0.1) is 23.6 Å². The summed E-state index contributed by atoms with van der Waals surface area (Å²) in [5.74, 6) is 1.42.